The Labute approximate surface area is 122 Å². The largest absolute Gasteiger partial charge is 0.481 e. The Bertz CT molecular complexity index is 639. The van der Waals surface area contributed by atoms with Crippen molar-refractivity contribution in [1.29, 1.82) is 0 Å². The molecule has 2 rings (SSSR count). The van der Waals surface area contributed by atoms with Crippen molar-refractivity contribution in [2.24, 2.45) is 0 Å². The molecule has 0 aliphatic carbocycles. The van der Waals surface area contributed by atoms with Crippen molar-refractivity contribution in [2.75, 3.05) is 14.2 Å². The number of ether oxygens (including phenoxy) is 1. The fraction of sp³-hybridized carbons (Fsp3) is 0.462. The number of pyridine rings is 1. The van der Waals surface area contributed by atoms with Crippen LogP contribution in [0.1, 0.15) is 31.1 Å². The highest BCUT2D eigenvalue weighted by molar-refractivity contribution is 6.20. The molecule has 0 spiro atoms. The number of carbonyl (C=O) groups is 1. The molecule has 0 fully saturated rings. The maximum atomic E-state index is 11.9. The lowest BCUT2D eigenvalue weighted by Crippen LogP contribution is -2.29. The van der Waals surface area contributed by atoms with Gasteiger partial charge in [0.25, 0.3) is 0 Å². The lowest BCUT2D eigenvalue weighted by atomic mass is 10.3. The number of halogens is 1. The molecule has 1 N–H and O–H groups in total. The smallest absolute Gasteiger partial charge is 0.242 e. The highest BCUT2D eigenvalue weighted by Crippen LogP contribution is 2.28. The number of methoxy groups -OCH3 is 1. The van der Waals surface area contributed by atoms with Crippen molar-refractivity contribution in [2.45, 2.75) is 25.3 Å². The maximum Gasteiger partial charge on any atom is 0.242 e. The first kappa shape index (κ1) is 14.6. The van der Waals surface area contributed by atoms with Crippen LogP contribution in [-0.4, -0.2) is 34.6 Å². The Hall–Kier alpha value is -1.82. The van der Waals surface area contributed by atoms with Gasteiger partial charge in [-0.2, -0.15) is 4.98 Å². The number of nitrogens with one attached hydrogen (secondary N) is 1. The zero-order valence-electron chi connectivity index (χ0n) is 11.8. The molecular formula is C13H17ClN4O2. The van der Waals surface area contributed by atoms with Gasteiger partial charge in [0.15, 0.2) is 5.65 Å². The van der Waals surface area contributed by atoms with E-state index in [-0.39, 0.29) is 11.3 Å². The molecule has 2 heterocycles. The number of imidazole rings is 1. The van der Waals surface area contributed by atoms with E-state index in [1.807, 2.05) is 6.92 Å². The molecule has 0 bridgehead atoms. The summed E-state index contributed by atoms with van der Waals surface area (Å²) in [6.07, 6.45) is 0. The van der Waals surface area contributed by atoms with Gasteiger partial charge in [0, 0.05) is 13.1 Å². The van der Waals surface area contributed by atoms with Crippen LogP contribution < -0.4 is 10.1 Å². The van der Waals surface area contributed by atoms with Gasteiger partial charge in [-0.25, -0.2) is 4.98 Å². The summed E-state index contributed by atoms with van der Waals surface area (Å²) in [5.74, 6) is 0.947. The standard InChI is InChI=1S/C13H17ClN4O2/c1-7(14)11-16-9-5-6-10(20-4)17-12(9)18(11)8(2)13(19)15-3/h5-8H,1-4H3,(H,15,19). The van der Waals surface area contributed by atoms with E-state index in [0.29, 0.717) is 22.9 Å². The first-order valence-corrected chi connectivity index (χ1v) is 6.71. The molecular weight excluding hydrogens is 280 g/mol. The topological polar surface area (TPSA) is 69.0 Å². The third kappa shape index (κ3) is 2.43. The molecule has 2 aromatic rings. The van der Waals surface area contributed by atoms with Gasteiger partial charge in [-0.05, 0) is 19.9 Å². The molecule has 108 valence electrons. The van der Waals surface area contributed by atoms with Crippen molar-refractivity contribution in [3.05, 3.63) is 18.0 Å². The molecule has 6 nitrogen and oxygen atoms in total. The van der Waals surface area contributed by atoms with Crippen LogP contribution >= 0.6 is 11.6 Å². The van der Waals surface area contributed by atoms with Crippen molar-refractivity contribution >= 4 is 28.7 Å². The quantitative estimate of drug-likeness (QED) is 0.877. The van der Waals surface area contributed by atoms with Crippen LogP contribution in [0.5, 0.6) is 5.88 Å². The van der Waals surface area contributed by atoms with E-state index < -0.39 is 6.04 Å². The number of likely N-dealkylation sites (N-methyl/N-ethyl adjacent to an activating group) is 1. The number of hydrogen-bond acceptors (Lipinski definition) is 4. The van der Waals surface area contributed by atoms with E-state index in [2.05, 4.69) is 15.3 Å². The van der Waals surface area contributed by atoms with Crippen molar-refractivity contribution in [1.82, 2.24) is 19.9 Å². The fourth-order valence-corrected chi connectivity index (χ4v) is 2.23. The summed E-state index contributed by atoms with van der Waals surface area (Å²) < 4.78 is 6.87. The van der Waals surface area contributed by atoms with Gasteiger partial charge in [-0.15, -0.1) is 11.6 Å². The molecule has 7 heteroatoms. The molecule has 2 aromatic heterocycles. The minimum absolute atomic E-state index is 0.132. The molecule has 0 radical (unpaired) electrons. The predicted molar refractivity (Wildman–Crippen MR) is 77.1 cm³/mol. The number of carbonyl (C=O) groups excluding carboxylic acids is 1. The number of hydrogen-bond donors (Lipinski definition) is 1. The Morgan fingerprint density at radius 2 is 2.10 bits per heavy atom. The third-order valence-corrected chi connectivity index (χ3v) is 3.31. The van der Waals surface area contributed by atoms with Crippen LogP contribution in [0, 0.1) is 0 Å². The second kappa shape index (κ2) is 5.66. The van der Waals surface area contributed by atoms with Crippen molar-refractivity contribution in [3.8, 4) is 5.88 Å². The molecule has 2 unspecified atom stereocenters. The van der Waals surface area contributed by atoms with E-state index in [1.54, 1.807) is 37.8 Å². The molecule has 0 saturated carbocycles. The molecule has 2 atom stereocenters. The normalized spacial score (nSPS) is 14.1. The second-order valence-corrected chi connectivity index (χ2v) is 5.10. The van der Waals surface area contributed by atoms with E-state index in [0.717, 1.165) is 0 Å². The third-order valence-electron chi connectivity index (χ3n) is 3.12. The van der Waals surface area contributed by atoms with E-state index in [9.17, 15) is 4.79 Å². The molecule has 20 heavy (non-hydrogen) atoms. The average molecular weight is 297 g/mol. The number of fused-ring (bicyclic) bond motifs is 1. The Kier molecular flexibility index (Phi) is 4.13. The first-order chi connectivity index (χ1) is 9.49. The van der Waals surface area contributed by atoms with Gasteiger partial charge in [0.05, 0.1) is 12.5 Å². The van der Waals surface area contributed by atoms with Crippen molar-refractivity contribution in [3.63, 3.8) is 0 Å². The average Bonchev–Trinajstić information content (AvgIpc) is 2.83. The number of alkyl halides is 1. The van der Waals surface area contributed by atoms with Crippen LogP contribution in [0.25, 0.3) is 11.2 Å². The lowest BCUT2D eigenvalue weighted by molar-refractivity contribution is -0.123. The minimum atomic E-state index is -0.458. The Morgan fingerprint density at radius 3 is 2.65 bits per heavy atom. The van der Waals surface area contributed by atoms with Gasteiger partial charge in [0.1, 0.15) is 17.4 Å². The number of aromatic nitrogens is 3. The van der Waals surface area contributed by atoms with Crippen LogP contribution in [0.4, 0.5) is 0 Å². The van der Waals surface area contributed by atoms with Crippen LogP contribution in [0.15, 0.2) is 12.1 Å². The first-order valence-electron chi connectivity index (χ1n) is 6.28. The van der Waals surface area contributed by atoms with Gasteiger partial charge >= 0.3 is 0 Å². The zero-order chi connectivity index (χ0) is 14.9. The lowest BCUT2D eigenvalue weighted by Gasteiger charge is -2.16. The van der Waals surface area contributed by atoms with Crippen molar-refractivity contribution < 1.29 is 9.53 Å². The summed E-state index contributed by atoms with van der Waals surface area (Å²) in [7, 11) is 3.14. The summed E-state index contributed by atoms with van der Waals surface area (Å²) in [4.78, 5) is 20.8. The van der Waals surface area contributed by atoms with Gasteiger partial charge in [0.2, 0.25) is 11.8 Å². The molecule has 0 saturated heterocycles. The van der Waals surface area contributed by atoms with Gasteiger partial charge < -0.3 is 10.1 Å². The zero-order valence-corrected chi connectivity index (χ0v) is 12.6. The summed E-state index contributed by atoms with van der Waals surface area (Å²) in [5, 5.41) is 2.29. The molecule has 1 amide bonds. The highest BCUT2D eigenvalue weighted by Gasteiger charge is 2.24. The van der Waals surface area contributed by atoms with Gasteiger partial charge in [-0.3, -0.25) is 9.36 Å². The summed E-state index contributed by atoms with van der Waals surface area (Å²) in [6, 6.07) is 3.07. The van der Waals surface area contributed by atoms with Crippen LogP contribution in [0.2, 0.25) is 0 Å². The number of amides is 1. The van der Waals surface area contributed by atoms with E-state index >= 15 is 0 Å². The van der Waals surface area contributed by atoms with Gasteiger partial charge in [-0.1, -0.05) is 0 Å². The Morgan fingerprint density at radius 1 is 1.40 bits per heavy atom. The summed E-state index contributed by atoms with van der Waals surface area (Å²) >= 11 is 6.17. The van der Waals surface area contributed by atoms with E-state index in [4.69, 9.17) is 16.3 Å². The van der Waals surface area contributed by atoms with E-state index in [1.165, 1.54) is 0 Å². The monoisotopic (exact) mass is 296 g/mol. The fourth-order valence-electron chi connectivity index (χ4n) is 2.08. The predicted octanol–water partition coefficient (Wildman–Crippen LogP) is 2.05. The summed E-state index contributed by atoms with van der Waals surface area (Å²) in [5.41, 5.74) is 1.27. The SMILES string of the molecule is CNC(=O)C(C)n1c(C(C)Cl)nc2ccc(OC)nc21. The molecule has 0 aliphatic rings. The maximum absolute atomic E-state index is 11.9. The summed E-state index contributed by atoms with van der Waals surface area (Å²) in [6.45, 7) is 3.59. The second-order valence-electron chi connectivity index (χ2n) is 4.44. The Balaban J connectivity index is 2.69. The van der Waals surface area contributed by atoms with Crippen LogP contribution in [-0.2, 0) is 4.79 Å². The minimum Gasteiger partial charge on any atom is -0.481 e. The molecule has 0 aliphatic heterocycles. The number of nitrogens with zero attached hydrogens (tertiary/aromatic N) is 3. The molecule has 0 aromatic carbocycles. The highest BCUT2D eigenvalue weighted by atomic mass is 35.5. The van der Waals surface area contributed by atoms with Crippen LogP contribution in [0.3, 0.4) is 0 Å². The number of rotatable bonds is 4.